The van der Waals surface area contributed by atoms with Crippen LogP contribution in [-0.4, -0.2) is 35.1 Å². The van der Waals surface area contributed by atoms with Crippen LogP contribution < -0.4 is 5.73 Å². The summed E-state index contributed by atoms with van der Waals surface area (Å²) < 4.78 is 0. The van der Waals surface area contributed by atoms with Crippen LogP contribution in [0.25, 0.3) is 0 Å². The van der Waals surface area contributed by atoms with Crippen LogP contribution in [0.1, 0.15) is 22.3 Å². The molecule has 1 aliphatic heterocycles. The summed E-state index contributed by atoms with van der Waals surface area (Å²) in [6.45, 7) is 2.48. The number of nitrogens with two attached hydrogens (primary N) is 1. The molecule has 1 saturated heterocycles. The van der Waals surface area contributed by atoms with E-state index in [1.165, 1.54) is 0 Å². The second-order valence-corrected chi connectivity index (χ2v) is 4.24. The van der Waals surface area contributed by atoms with Crippen LogP contribution in [0.5, 0.6) is 0 Å². The van der Waals surface area contributed by atoms with E-state index < -0.39 is 5.91 Å². The molecule has 86 valence electrons. The second-order valence-electron chi connectivity index (χ2n) is 4.24. The maximum Gasteiger partial charge on any atom is 0.248 e. The molecule has 16 heavy (non-hydrogen) atoms. The molecule has 4 heteroatoms. The van der Waals surface area contributed by atoms with Gasteiger partial charge in [-0.25, -0.2) is 0 Å². The summed E-state index contributed by atoms with van der Waals surface area (Å²) in [6.07, 6.45) is 0.657. The Morgan fingerprint density at radius 1 is 1.44 bits per heavy atom. The van der Waals surface area contributed by atoms with E-state index >= 15 is 0 Å². The number of hydrogen-bond acceptors (Lipinski definition) is 3. The third-order valence-electron chi connectivity index (χ3n) is 2.89. The van der Waals surface area contributed by atoms with Gasteiger partial charge in [-0.05, 0) is 24.1 Å². The Morgan fingerprint density at radius 3 is 2.62 bits per heavy atom. The van der Waals surface area contributed by atoms with Crippen LogP contribution in [0.2, 0.25) is 0 Å². The van der Waals surface area contributed by atoms with Crippen molar-refractivity contribution in [3.05, 3.63) is 35.4 Å². The Morgan fingerprint density at radius 2 is 2.12 bits per heavy atom. The van der Waals surface area contributed by atoms with Gasteiger partial charge in [0.1, 0.15) is 0 Å². The predicted molar refractivity (Wildman–Crippen MR) is 60.9 cm³/mol. The van der Waals surface area contributed by atoms with Crippen LogP contribution in [0.3, 0.4) is 0 Å². The number of amides is 1. The van der Waals surface area contributed by atoms with Crippen molar-refractivity contribution in [3.63, 3.8) is 0 Å². The number of carbonyl (C=O) groups excluding carboxylic acids is 1. The van der Waals surface area contributed by atoms with Crippen molar-refractivity contribution < 1.29 is 9.90 Å². The Bertz CT molecular complexity index is 375. The van der Waals surface area contributed by atoms with Crippen molar-refractivity contribution in [2.24, 2.45) is 5.73 Å². The molecule has 1 fully saturated rings. The second kappa shape index (κ2) is 4.63. The minimum atomic E-state index is -0.400. The zero-order valence-electron chi connectivity index (χ0n) is 9.10. The lowest BCUT2D eigenvalue weighted by Crippen LogP contribution is -2.21. The fourth-order valence-corrected chi connectivity index (χ4v) is 1.99. The first-order chi connectivity index (χ1) is 7.65. The average molecular weight is 220 g/mol. The minimum Gasteiger partial charge on any atom is -0.392 e. The Labute approximate surface area is 94.7 Å². The molecule has 1 heterocycles. The lowest BCUT2D eigenvalue weighted by atomic mass is 10.1. The van der Waals surface area contributed by atoms with E-state index in [-0.39, 0.29) is 6.10 Å². The van der Waals surface area contributed by atoms with E-state index in [9.17, 15) is 9.90 Å². The van der Waals surface area contributed by atoms with Gasteiger partial charge in [0, 0.05) is 25.2 Å². The molecule has 0 aliphatic carbocycles. The topological polar surface area (TPSA) is 66.6 Å². The van der Waals surface area contributed by atoms with Gasteiger partial charge in [-0.3, -0.25) is 9.69 Å². The summed E-state index contributed by atoms with van der Waals surface area (Å²) in [5, 5.41) is 9.39. The van der Waals surface area contributed by atoms with Crippen molar-refractivity contribution in [1.29, 1.82) is 0 Å². The molecule has 0 radical (unpaired) electrons. The van der Waals surface area contributed by atoms with E-state index in [0.717, 1.165) is 31.6 Å². The van der Waals surface area contributed by atoms with Gasteiger partial charge in [-0.2, -0.15) is 0 Å². The molecule has 1 aliphatic rings. The van der Waals surface area contributed by atoms with Crippen LogP contribution in [0, 0.1) is 0 Å². The number of likely N-dealkylation sites (tertiary alicyclic amines) is 1. The molecule has 0 spiro atoms. The molecule has 0 bridgehead atoms. The standard InChI is InChI=1S/C12H16N2O2/c13-12(16)10-3-1-9(2-4-10)7-14-6-5-11(15)8-14/h1-4,11,15H,5-8H2,(H2,13,16)/t11-/m1/s1. The van der Waals surface area contributed by atoms with Crippen molar-refractivity contribution in [3.8, 4) is 0 Å². The lowest BCUT2D eigenvalue weighted by Gasteiger charge is -2.14. The summed E-state index contributed by atoms with van der Waals surface area (Å²) in [7, 11) is 0. The molecule has 2 rings (SSSR count). The monoisotopic (exact) mass is 220 g/mol. The molecule has 0 unspecified atom stereocenters. The third kappa shape index (κ3) is 2.59. The highest BCUT2D eigenvalue weighted by Gasteiger charge is 2.19. The fourth-order valence-electron chi connectivity index (χ4n) is 1.99. The Balaban J connectivity index is 1.97. The van der Waals surface area contributed by atoms with Crippen molar-refractivity contribution in [1.82, 2.24) is 4.90 Å². The number of nitrogens with zero attached hydrogens (tertiary/aromatic N) is 1. The highest BCUT2D eigenvalue weighted by molar-refractivity contribution is 5.92. The highest BCUT2D eigenvalue weighted by Crippen LogP contribution is 2.13. The number of β-amino-alcohol motifs (C(OH)–C–C–N with tert-alkyl or cyclic N) is 1. The van der Waals surface area contributed by atoms with Gasteiger partial charge in [-0.15, -0.1) is 0 Å². The van der Waals surface area contributed by atoms with E-state index in [1.54, 1.807) is 12.1 Å². The SMILES string of the molecule is NC(=O)c1ccc(CN2CC[C@@H](O)C2)cc1. The predicted octanol–water partition coefficient (Wildman–Crippen LogP) is 0.352. The number of primary amides is 1. The number of hydrogen-bond donors (Lipinski definition) is 2. The molecule has 1 aromatic rings. The fraction of sp³-hybridized carbons (Fsp3) is 0.417. The van der Waals surface area contributed by atoms with Crippen LogP contribution in [-0.2, 0) is 6.54 Å². The third-order valence-corrected chi connectivity index (χ3v) is 2.89. The van der Waals surface area contributed by atoms with Gasteiger partial charge in [-0.1, -0.05) is 12.1 Å². The minimum absolute atomic E-state index is 0.190. The Hall–Kier alpha value is -1.39. The molecule has 1 amide bonds. The summed E-state index contributed by atoms with van der Waals surface area (Å²) in [5.41, 5.74) is 6.83. The van der Waals surface area contributed by atoms with Gasteiger partial charge in [0.15, 0.2) is 0 Å². The van der Waals surface area contributed by atoms with E-state index in [0.29, 0.717) is 5.56 Å². The van der Waals surface area contributed by atoms with Crippen LogP contribution >= 0.6 is 0 Å². The van der Waals surface area contributed by atoms with Crippen molar-refractivity contribution in [2.75, 3.05) is 13.1 Å². The van der Waals surface area contributed by atoms with Crippen molar-refractivity contribution >= 4 is 5.91 Å². The molecule has 0 saturated carbocycles. The molecular formula is C12H16N2O2. The smallest absolute Gasteiger partial charge is 0.248 e. The zero-order valence-corrected chi connectivity index (χ0v) is 9.10. The van der Waals surface area contributed by atoms with Gasteiger partial charge >= 0.3 is 0 Å². The number of aliphatic hydroxyl groups is 1. The number of aliphatic hydroxyl groups excluding tert-OH is 1. The van der Waals surface area contributed by atoms with Gasteiger partial charge < -0.3 is 10.8 Å². The normalized spacial score (nSPS) is 21.2. The number of benzene rings is 1. The first-order valence-electron chi connectivity index (χ1n) is 5.44. The Kier molecular flexibility index (Phi) is 3.22. The maximum atomic E-state index is 10.9. The molecule has 1 aromatic carbocycles. The van der Waals surface area contributed by atoms with Crippen molar-refractivity contribution in [2.45, 2.75) is 19.1 Å². The van der Waals surface area contributed by atoms with E-state index in [1.807, 2.05) is 12.1 Å². The number of rotatable bonds is 3. The van der Waals surface area contributed by atoms with Gasteiger partial charge in [0.05, 0.1) is 6.10 Å². The summed E-state index contributed by atoms with van der Waals surface area (Å²) in [6, 6.07) is 7.30. The van der Waals surface area contributed by atoms with Gasteiger partial charge in [0.25, 0.3) is 0 Å². The van der Waals surface area contributed by atoms with E-state index in [4.69, 9.17) is 5.73 Å². The molecule has 3 N–H and O–H groups in total. The zero-order chi connectivity index (χ0) is 11.5. The van der Waals surface area contributed by atoms with Crippen LogP contribution in [0.4, 0.5) is 0 Å². The summed E-state index contributed by atoms with van der Waals surface area (Å²) in [4.78, 5) is 13.1. The molecule has 0 aromatic heterocycles. The first kappa shape index (κ1) is 11.1. The van der Waals surface area contributed by atoms with Crippen LogP contribution in [0.15, 0.2) is 24.3 Å². The quantitative estimate of drug-likeness (QED) is 0.772. The first-order valence-corrected chi connectivity index (χ1v) is 5.44. The summed E-state index contributed by atoms with van der Waals surface area (Å²) >= 11 is 0. The molecular weight excluding hydrogens is 204 g/mol. The lowest BCUT2D eigenvalue weighted by molar-refractivity contribution is 0.100. The largest absolute Gasteiger partial charge is 0.392 e. The maximum absolute atomic E-state index is 10.9. The van der Waals surface area contributed by atoms with Gasteiger partial charge in [0.2, 0.25) is 5.91 Å². The average Bonchev–Trinajstić information content (AvgIpc) is 2.65. The highest BCUT2D eigenvalue weighted by atomic mass is 16.3. The molecule has 4 nitrogen and oxygen atoms in total. The summed E-state index contributed by atoms with van der Waals surface area (Å²) in [5.74, 6) is -0.400. The number of carbonyl (C=O) groups is 1. The van der Waals surface area contributed by atoms with E-state index in [2.05, 4.69) is 4.90 Å². The molecule has 1 atom stereocenters.